The highest BCUT2D eigenvalue weighted by atomic mass is 32.1. The van der Waals surface area contributed by atoms with Crippen LogP contribution < -0.4 is 10.1 Å². The van der Waals surface area contributed by atoms with Gasteiger partial charge in [0.05, 0.1) is 6.61 Å². The summed E-state index contributed by atoms with van der Waals surface area (Å²) in [6.45, 7) is 2.48. The number of ketones is 1. The van der Waals surface area contributed by atoms with Gasteiger partial charge in [0, 0.05) is 24.0 Å². The molecule has 0 radical (unpaired) electrons. The molecule has 0 saturated heterocycles. The topological polar surface area (TPSA) is 81.2 Å². The molecule has 1 N–H and O–H groups in total. The third-order valence-electron chi connectivity index (χ3n) is 3.76. The van der Waals surface area contributed by atoms with Crippen LogP contribution in [-0.4, -0.2) is 28.5 Å². The van der Waals surface area contributed by atoms with Crippen molar-refractivity contribution in [2.75, 3.05) is 11.9 Å². The third kappa shape index (κ3) is 5.21. The number of nitrogens with one attached hydrogen (secondary N) is 1. The second-order valence-electron chi connectivity index (χ2n) is 5.71. The molecular formula is C20H19N3O3S. The van der Waals surface area contributed by atoms with Gasteiger partial charge in [-0.25, -0.2) is 0 Å². The summed E-state index contributed by atoms with van der Waals surface area (Å²) in [5.41, 5.74) is 1.51. The number of nitrogens with zero attached hydrogens (tertiary/aromatic N) is 2. The van der Waals surface area contributed by atoms with E-state index >= 15 is 0 Å². The summed E-state index contributed by atoms with van der Waals surface area (Å²) in [4.78, 5) is 24.3. The monoisotopic (exact) mass is 381 g/mol. The predicted octanol–water partition coefficient (Wildman–Crippen LogP) is 4.21. The van der Waals surface area contributed by atoms with Gasteiger partial charge in [-0.05, 0) is 31.2 Å². The zero-order valence-corrected chi connectivity index (χ0v) is 15.7. The number of hydrogen-bond acceptors (Lipinski definition) is 6. The molecule has 2 aromatic carbocycles. The first-order valence-corrected chi connectivity index (χ1v) is 9.42. The van der Waals surface area contributed by atoms with Crippen molar-refractivity contribution >= 4 is 28.2 Å². The molecule has 0 aliphatic rings. The summed E-state index contributed by atoms with van der Waals surface area (Å²) in [6, 6.07) is 16.6. The SMILES string of the molecule is CCOc1ccc(C(=O)CCC(=O)Nc2nnc(-c3ccccc3)s2)cc1. The summed E-state index contributed by atoms with van der Waals surface area (Å²) in [5, 5.41) is 11.9. The van der Waals surface area contributed by atoms with Gasteiger partial charge in [-0.1, -0.05) is 41.7 Å². The first-order valence-electron chi connectivity index (χ1n) is 8.60. The van der Waals surface area contributed by atoms with E-state index in [4.69, 9.17) is 4.74 Å². The lowest BCUT2D eigenvalue weighted by Crippen LogP contribution is -2.13. The van der Waals surface area contributed by atoms with Gasteiger partial charge in [0.2, 0.25) is 11.0 Å². The van der Waals surface area contributed by atoms with Crippen molar-refractivity contribution in [3.63, 3.8) is 0 Å². The number of carbonyl (C=O) groups is 2. The van der Waals surface area contributed by atoms with Crippen LogP contribution in [0.15, 0.2) is 54.6 Å². The van der Waals surface area contributed by atoms with Crippen molar-refractivity contribution in [2.45, 2.75) is 19.8 Å². The molecule has 1 heterocycles. The quantitative estimate of drug-likeness (QED) is 0.591. The van der Waals surface area contributed by atoms with E-state index in [0.29, 0.717) is 17.3 Å². The van der Waals surface area contributed by atoms with E-state index < -0.39 is 0 Å². The minimum atomic E-state index is -0.259. The van der Waals surface area contributed by atoms with Crippen LogP contribution in [0.25, 0.3) is 10.6 Å². The van der Waals surface area contributed by atoms with Crippen LogP contribution >= 0.6 is 11.3 Å². The third-order valence-corrected chi connectivity index (χ3v) is 4.65. The van der Waals surface area contributed by atoms with Crippen LogP contribution in [-0.2, 0) is 4.79 Å². The lowest BCUT2D eigenvalue weighted by atomic mass is 10.1. The lowest BCUT2D eigenvalue weighted by molar-refractivity contribution is -0.116. The van der Waals surface area contributed by atoms with Gasteiger partial charge in [-0.15, -0.1) is 10.2 Å². The molecule has 0 fully saturated rings. The van der Waals surface area contributed by atoms with Crippen molar-refractivity contribution in [3.8, 4) is 16.3 Å². The standard InChI is InChI=1S/C20H19N3O3S/c1-2-26-16-10-8-14(9-11-16)17(24)12-13-18(25)21-20-23-22-19(27-20)15-6-4-3-5-7-15/h3-11H,2,12-13H2,1H3,(H,21,23,25). The van der Waals surface area contributed by atoms with E-state index in [1.807, 2.05) is 37.3 Å². The van der Waals surface area contributed by atoms with Gasteiger partial charge < -0.3 is 10.1 Å². The summed E-state index contributed by atoms with van der Waals surface area (Å²) >= 11 is 1.30. The van der Waals surface area contributed by atoms with Gasteiger partial charge >= 0.3 is 0 Å². The highest BCUT2D eigenvalue weighted by molar-refractivity contribution is 7.18. The molecule has 0 bridgehead atoms. The van der Waals surface area contributed by atoms with Crippen LogP contribution in [0.2, 0.25) is 0 Å². The number of rotatable bonds is 8. The number of anilines is 1. The van der Waals surface area contributed by atoms with Crippen LogP contribution in [0.1, 0.15) is 30.1 Å². The van der Waals surface area contributed by atoms with Crippen molar-refractivity contribution in [3.05, 3.63) is 60.2 Å². The maximum absolute atomic E-state index is 12.2. The highest BCUT2D eigenvalue weighted by Gasteiger charge is 2.12. The number of hydrogen-bond donors (Lipinski definition) is 1. The number of carbonyl (C=O) groups excluding carboxylic acids is 2. The van der Waals surface area contributed by atoms with E-state index in [0.717, 1.165) is 16.3 Å². The summed E-state index contributed by atoms with van der Waals surface area (Å²) in [5.74, 6) is 0.373. The Hall–Kier alpha value is -3.06. The van der Waals surface area contributed by atoms with E-state index in [9.17, 15) is 9.59 Å². The fourth-order valence-corrected chi connectivity index (χ4v) is 3.19. The van der Waals surface area contributed by atoms with Crippen LogP contribution in [0.4, 0.5) is 5.13 Å². The van der Waals surface area contributed by atoms with Gasteiger partial charge in [0.15, 0.2) is 5.78 Å². The Morgan fingerprint density at radius 1 is 1.00 bits per heavy atom. The molecule has 3 rings (SSSR count). The molecule has 0 aliphatic carbocycles. The van der Waals surface area contributed by atoms with E-state index in [2.05, 4.69) is 15.5 Å². The molecule has 1 amide bonds. The Morgan fingerprint density at radius 2 is 1.74 bits per heavy atom. The summed E-state index contributed by atoms with van der Waals surface area (Å²) in [6.07, 6.45) is 0.219. The molecule has 1 aromatic heterocycles. The second-order valence-corrected chi connectivity index (χ2v) is 6.68. The number of amides is 1. The average Bonchev–Trinajstić information content (AvgIpc) is 3.16. The highest BCUT2D eigenvalue weighted by Crippen LogP contribution is 2.26. The minimum Gasteiger partial charge on any atom is -0.494 e. The predicted molar refractivity (Wildman–Crippen MR) is 105 cm³/mol. The molecule has 138 valence electrons. The largest absolute Gasteiger partial charge is 0.494 e. The van der Waals surface area contributed by atoms with Gasteiger partial charge in [0.25, 0.3) is 0 Å². The van der Waals surface area contributed by atoms with Gasteiger partial charge in [-0.2, -0.15) is 0 Å². The number of aromatic nitrogens is 2. The minimum absolute atomic E-state index is 0.0876. The smallest absolute Gasteiger partial charge is 0.226 e. The lowest BCUT2D eigenvalue weighted by Gasteiger charge is -2.04. The first kappa shape index (κ1) is 18.7. The Balaban J connectivity index is 1.51. The number of ether oxygens (including phenoxy) is 1. The average molecular weight is 381 g/mol. The van der Waals surface area contributed by atoms with Crippen LogP contribution in [0.3, 0.4) is 0 Å². The molecule has 27 heavy (non-hydrogen) atoms. The van der Waals surface area contributed by atoms with E-state index in [1.54, 1.807) is 24.3 Å². The molecule has 0 unspecified atom stereocenters. The molecule has 0 saturated carbocycles. The number of Topliss-reactive ketones (excluding diaryl/α,β-unsaturated/α-hetero) is 1. The Morgan fingerprint density at radius 3 is 2.44 bits per heavy atom. The molecule has 0 atom stereocenters. The fourth-order valence-electron chi connectivity index (χ4n) is 2.43. The maximum Gasteiger partial charge on any atom is 0.226 e. The zero-order chi connectivity index (χ0) is 19.1. The number of benzene rings is 2. The Labute approximate surface area is 161 Å². The van der Waals surface area contributed by atoms with E-state index in [-0.39, 0.29) is 24.5 Å². The molecular weight excluding hydrogens is 362 g/mol. The van der Waals surface area contributed by atoms with Crippen molar-refractivity contribution in [1.82, 2.24) is 10.2 Å². The van der Waals surface area contributed by atoms with Crippen molar-refractivity contribution in [1.29, 1.82) is 0 Å². The van der Waals surface area contributed by atoms with Gasteiger partial charge in [-0.3, -0.25) is 9.59 Å². The molecule has 3 aromatic rings. The molecule has 7 heteroatoms. The molecule has 0 aliphatic heterocycles. The van der Waals surface area contributed by atoms with Crippen molar-refractivity contribution in [2.24, 2.45) is 0 Å². The summed E-state index contributed by atoms with van der Waals surface area (Å²) < 4.78 is 5.35. The molecule has 6 nitrogen and oxygen atoms in total. The Bertz CT molecular complexity index is 908. The first-order chi connectivity index (χ1) is 13.2. The van der Waals surface area contributed by atoms with E-state index in [1.165, 1.54) is 11.3 Å². The van der Waals surface area contributed by atoms with Gasteiger partial charge in [0.1, 0.15) is 10.8 Å². The zero-order valence-electron chi connectivity index (χ0n) is 14.8. The maximum atomic E-state index is 12.2. The molecule has 0 spiro atoms. The normalized spacial score (nSPS) is 10.4. The fraction of sp³-hybridized carbons (Fsp3) is 0.200. The van der Waals surface area contributed by atoms with Crippen molar-refractivity contribution < 1.29 is 14.3 Å². The van der Waals surface area contributed by atoms with Crippen LogP contribution in [0.5, 0.6) is 5.75 Å². The second kappa shape index (κ2) is 9.05. The summed E-state index contributed by atoms with van der Waals surface area (Å²) in [7, 11) is 0. The van der Waals surface area contributed by atoms with Crippen LogP contribution in [0, 0.1) is 0 Å². The Kier molecular flexibility index (Phi) is 6.27.